The van der Waals surface area contributed by atoms with Crippen LogP contribution < -0.4 is 5.73 Å². The molecule has 3 heterocycles. The number of rotatable bonds is 3. The number of fused-ring (bicyclic) bond motifs is 1. The molecule has 1 saturated heterocycles. The first kappa shape index (κ1) is 17.2. The smallest absolute Gasteiger partial charge is 0.164 e. The predicted molar refractivity (Wildman–Crippen MR) is 94.3 cm³/mol. The molecule has 5 atom stereocenters. The van der Waals surface area contributed by atoms with Crippen LogP contribution in [0.15, 0.2) is 42.9 Å². The van der Waals surface area contributed by atoms with Crippen molar-refractivity contribution in [1.29, 1.82) is 0 Å². The van der Waals surface area contributed by atoms with Crippen molar-refractivity contribution in [3.8, 4) is 0 Å². The zero-order valence-electron chi connectivity index (χ0n) is 13.5. The van der Waals surface area contributed by atoms with Crippen LogP contribution in [0.3, 0.4) is 0 Å². The fourth-order valence-electron chi connectivity index (χ4n) is 3.22. The molecule has 3 aromatic rings. The lowest BCUT2D eigenvalue weighted by molar-refractivity contribution is -0.0848. The molecule has 4 rings (SSSR count). The molecule has 9 heteroatoms. The van der Waals surface area contributed by atoms with Crippen molar-refractivity contribution in [2.45, 2.75) is 30.6 Å². The lowest BCUT2D eigenvalue weighted by Gasteiger charge is -2.21. The molecular weight excluding hydrogens is 360 g/mol. The second-order valence-corrected chi connectivity index (χ2v) is 6.62. The van der Waals surface area contributed by atoms with E-state index < -0.39 is 30.6 Å². The van der Waals surface area contributed by atoms with Crippen molar-refractivity contribution in [2.75, 3.05) is 5.73 Å². The first-order valence-electron chi connectivity index (χ1n) is 7.99. The minimum Gasteiger partial charge on any atom is -0.387 e. The molecule has 0 spiro atoms. The maximum absolute atomic E-state index is 10.6. The van der Waals surface area contributed by atoms with Gasteiger partial charge in [-0.2, -0.15) is 0 Å². The second kappa shape index (κ2) is 6.49. The van der Waals surface area contributed by atoms with Gasteiger partial charge in [0.2, 0.25) is 0 Å². The third-order valence-electron chi connectivity index (χ3n) is 4.61. The molecule has 1 aliphatic rings. The molecule has 8 nitrogen and oxygen atoms in total. The van der Waals surface area contributed by atoms with Gasteiger partial charge in [-0.15, -0.1) is 0 Å². The summed E-state index contributed by atoms with van der Waals surface area (Å²) in [6.45, 7) is 0. The van der Waals surface area contributed by atoms with Gasteiger partial charge in [-0.25, -0.2) is 9.97 Å². The summed E-state index contributed by atoms with van der Waals surface area (Å²) < 4.78 is 7.37. The van der Waals surface area contributed by atoms with Crippen LogP contribution in [0.2, 0.25) is 5.02 Å². The van der Waals surface area contributed by atoms with Crippen molar-refractivity contribution in [3.05, 3.63) is 53.4 Å². The van der Waals surface area contributed by atoms with E-state index in [1.165, 1.54) is 6.33 Å². The van der Waals surface area contributed by atoms with E-state index in [1.807, 2.05) is 0 Å². The Kier molecular flexibility index (Phi) is 4.29. The van der Waals surface area contributed by atoms with Crippen molar-refractivity contribution < 1.29 is 20.1 Å². The standard InChI is InChI=1S/C17H17ClN4O4/c18-9-3-1-8(2-4-9)11(23)14-12(24)13(25)17(26-14)22-6-5-10-15(19)20-7-21-16(10)22/h1-7,11-14,17,23-25H,(H2,19,20,21)/t11-,12?,13+,14-,17-/m1/s1. The Morgan fingerprint density at radius 2 is 1.85 bits per heavy atom. The zero-order chi connectivity index (χ0) is 18.4. The summed E-state index contributed by atoms with van der Waals surface area (Å²) in [5.41, 5.74) is 6.82. The molecule has 0 saturated carbocycles. The largest absolute Gasteiger partial charge is 0.387 e. The quantitative estimate of drug-likeness (QED) is 0.537. The Hall–Kier alpha value is -2.23. The van der Waals surface area contributed by atoms with Crippen molar-refractivity contribution in [1.82, 2.24) is 14.5 Å². The van der Waals surface area contributed by atoms with Crippen molar-refractivity contribution >= 4 is 28.5 Å². The van der Waals surface area contributed by atoms with E-state index in [0.29, 0.717) is 27.4 Å². The predicted octanol–water partition coefficient (Wildman–Crippen LogP) is 1.02. The van der Waals surface area contributed by atoms with Gasteiger partial charge in [-0.1, -0.05) is 23.7 Å². The number of nitrogen functional groups attached to an aromatic ring is 1. The van der Waals surface area contributed by atoms with Gasteiger partial charge >= 0.3 is 0 Å². The van der Waals surface area contributed by atoms with E-state index in [0.717, 1.165) is 0 Å². The summed E-state index contributed by atoms with van der Waals surface area (Å²) in [5, 5.41) is 32.6. The molecule has 1 fully saturated rings. The summed E-state index contributed by atoms with van der Waals surface area (Å²) in [6.07, 6.45) is -2.67. The molecule has 2 aromatic heterocycles. The van der Waals surface area contributed by atoms with Crippen molar-refractivity contribution in [3.63, 3.8) is 0 Å². The maximum atomic E-state index is 10.6. The molecule has 1 unspecified atom stereocenters. The number of aliphatic hydroxyl groups excluding tert-OH is 3. The molecule has 1 aromatic carbocycles. The fraction of sp³-hybridized carbons (Fsp3) is 0.294. The van der Waals surface area contributed by atoms with Crippen LogP contribution >= 0.6 is 11.6 Å². The maximum Gasteiger partial charge on any atom is 0.164 e. The molecule has 5 N–H and O–H groups in total. The summed E-state index contributed by atoms with van der Waals surface area (Å²) >= 11 is 5.86. The lowest BCUT2D eigenvalue weighted by Crippen LogP contribution is -2.34. The van der Waals surface area contributed by atoms with Crippen LogP contribution in [-0.2, 0) is 4.74 Å². The van der Waals surface area contributed by atoms with Gasteiger partial charge in [0.1, 0.15) is 42.2 Å². The third-order valence-corrected chi connectivity index (χ3v) is 4.86. The highest BCUT2D eigenvalue weighted by Gasteiger charge is 2.47. The van der Waals surface area contributed by atoms with Crippen LogP contribution in [0.1, 0.15) is 17.9 Å². The summed E-state index contributed by atoms with van der Waals surface area (Å²) in [4.78, 5) is 8.09. The van der Waals surface area contributed by atoms with Gasteiger partial charge in [0.05, 0.1) is 5.39 Å². The second-order valence-electron chi connectivity index (χ2n) is 6.19. The first-order valence-corrected chi connectivity index (χ1v) is 8.37. The van der Waals surface area contributed by atoms with E-state index in [4.69, 9.17) is 22.1 Å². The van der Waals surface area contributed by atoms with Crippen LogP contribution in [0, 0.1) is 0 Å². The molecule has 1 aliphatic heterocycles. The van der Waals surface area contributed by atoms with Gasteiger partial charge in [0, 0.05) is 11.2 Å². The average Bonchev–Trinajstić information content (AvgIpc) is 3.18. The first-order chi connectivity index (χ1) is 12.5. The summed E-state index contributed by atoms with van der Waals surface area (Å²) in [5.74, 6) is 0.305. The number of benzene rings is 1. The molecule has 0 amide bonds. The SMILES string of the molecule is Nc1ncnc2c1ccn2[C@@H]1O[C@H]([C@H](O)c2ccc(Cl)cc2)C(O)[C@@H]1O. The Bertz CT molecular complexity index is 932. The molecule has 0 aliphatic carbocycles. The summed E-state index contributed by atoms with van der Waals surface area (Å²) in [7, 11) is 0. The number of nitrogens with two attached hydrogens (primary N) is 1. The van der Waals surface area contributed by atoms with E-state index in [1.54, 1.807) is 41.1 Å². The third kappa shape index (κ3) is 2.72. The van der Waals surface area contributed by atoms with E-state index >= 15 is 0 Å². The molecule has 0 bridgehead atoms. The average molecular weight is 377 g/mol. The highest BCUT2D eigenvalue weighted by molar-refractivity contribution is 6.30. The minimum absolute atomic E-state index is 0.305. The Morgan fingerprint density at radius 1 is 1.12 bits per heavy atom. The van der Waals surface area contributed by atoms with Crippen molar-refractivity contribution in [2.24, 2.45) is 0 Å². The normalized spacial score (nSPS) is 27.1. The molecule has 136 valence electrons. The molecular formula is C17H17ClN4O4. The number of hydrogen-bond donors (Lipinski definition) is 4. The van der Waals surface area contributed by atoms with Crippen LogP contribution in [0.5, 0.6) is 0 Å². The monoisotopic (exact) mass is 376 g/mol. The Morgan fingerprint density at radius 3 is 2.58 bits per heavy atom. The van der Waals surface area contributed by atoms with Gasteiger partial charge in [0.25, 0.3) is 0 Å². The zero-order valence-corrected chi connectivity index (χ0v) is 14.2. The highest BCUT2D eigenvalue weighted by Crippen LogP contribution is 2.37. The van der Waals surface area contributed by atoms with E-state index in [2.05, 4.69) is 9.97 Å². The minimum atomic E-state index is -1.29. The van der Waals surface area contributed by atoms with Crippen LogP contribution in [0.25, 0.3) is 11.0 Å². The fourth-order valence-corrected chi connectivity index (χ4v) is 3.35. The van der Waals surface area contributed by atoms with Crippen LogP contribution in [-0.4, -0.2) is 48.2 Å². The number of anilines is 1. The lowest BCUT2D eigenvalue weighted by atomic mass is 9.99. The summed E-state index contributed by atoms with van der Waals surface area (Å²) in [6, 6.07) is 8.25. The van der Waals surface area contributed by atoms with Crippen LogP contribution in [0.4, 0.5) is 5.82 Å². The topological polar surface area (TPSA) is 127 Å². The molecule has 26 heavy (non-hydrogen) atoms. The number of nitrogens with zero attached hydrogens (tertiary/aromatic N) is 3. The van der Waals surface area contributed by atoms with Gasteiger partial charge in [-0.3, -0.25) is 0 Å². The Labute approximate surface area is 153 Å². The number of halogens is 1. The number of hydrogen-bond acceptors (Lipinski definition) is 7. The number of ether oxygens (including phenoxy) is 1. The number of aromatic nitrogens is 3. The van der Waals surface area contributed by atoms with Gasteiger partial charge in [-0.05, 0) is 23.8 Å². The van der Waals surface area contributed by atoms with E-state index in [9.17, 15) is 15.3 Å². The highest BCUT2D eigenvalue weighted by atomic mass is 35.5. The van der Waals surface area contributed by atoms with Gasteiger partial charge in [0.15, 0.2) is 6.23 Å². The molecule has 0 radical (unpaired) electrons. The Balaban J connectivity index is 1.65. The number of aliphatic hydroxyl groups is 3. The van der Waals surface area contributed by atoms with E-state index in [-0.39, 0.29) is 0 Å². The van der Waals surface area contributed by atoms with Gasteiger partial charge < -0.3 is 30.4 Å².